The Bertz CT molecular complexity index is 268. The van der Waals surface area contributed by atoms with Crippen molar-refractivity contribution in [1.29, 1.82) is 0 Å². The van der Waals surface area contributed by atoms with Crippen LogP contribution in [0.25, 0.3) is 0 Å². The second-order valence-electron chi connectivity index (χ2n) is 5.68. The average Bonchev–Trinajstić information content (AvgIpc) is 2.33. The highest BCUT2D eigenvalue weighted by Gasteiger charge is 2.14. The molecule has 104 valence electrons. The monoisotopic (exact) mass is 252 g/mol. The molecule has 1 aliphatic carbocycles. The number of aliphatic carboxylic acids is 1. The summed E-state index contributed by atoms with van der Waals surface area (Å²) in [7, 11) is 0. The Balaban J connectivity index is 2.50. The second-order valence-corrected chi connectivity index (χ2v) is 5.68. The van der Waals surface area contributed by atoms with Crippen molar-refractivity contribution < 1.29 is 9.90 Å². The average molecular weight is 252 g/mol. The molecule has 0 aromatic heterocycles. The Morgan fingerprint density at radius 1 is 1.00 bits per heavy atom. The van der Waals surface area contributed by atoms with Gasteiger partial charge in [-0.1, -0.05) is 63.0 Å². The summed E-state index contributed by atoms with van der Waals surface area (Å²) < 4.78 is 0. The number of allylic oxidation sites excluding steroid dienone is 1. The van der Waals surface area contributed by atoms with Gasteiger partial charge in [0.2, 0.25) is 0 Å². The van der Waals surface area contributed by atoms with Gasteiger partial charge in [-0.2, -0.15) is 0 Å². The molecule has 0 spiro atoms. The van der Waals surface area contributed by atoms with E-state index in [9.17, 15) is 9.90 Å². The molecule has 0 aromatic rings. The summed E-state index contributed by atoms with van der Waals surface area (Å²) in [4.78, 5) is 11.2. The van der Waals surface area contributed by atoms with Crippen molar-refractivity contribution in [2.45, 2.75) is 77.6 Å². The third kappa shape index (κ3) is 6.83. The van der Waals surface area contributed by atoms with Crippen LogP contribution in [0, 0.1) is 5.92 Å². The fourth-order valence-electron chi connectivity index (χ4n) is 2.71. The van der Waals surface area contributed by atoms with E-state index < -0.39 is 5.97 Å². The van der Waals surface area contributed by atoms with E-state index in [1.165, 1.54) is 56.9 Å². The maximum Gasteiger partial charge on any atom is 0.310 e. The number of carbonyl (C=O) groups is 1. The van der Waals surface area contributed by atoms with E-state index >= 15 is 0 Å². The Morgan fingerprint density at radius 3 is 2.06 bits per heavy atom. The largest absolute Gasteiger partial charge is 0.481 e. The van der Waals surface area contributed by atoms with Crippen LogP contribution in [0.3, 0.4) is 0 Å². The molecule has 2 nitrogen and oxygen atoms in total. The zero-order valence-electron chi connectivity index (χ0n) is 11.8. The highest BCUT2D eigenvalue weighted by atomic mass is 16.4. The van der Waals surface area contributed by atoms with Crippen molar-refractivity contribution in [3.63, 3.8) is 0 Å². The van der Waals surface area contributed by atoms with Crippen LogP contribution in [0.4, 0.5) is 0 Å². The fraction of sp³-hybridized carbons (Fsp3) is 0.812. The Labute approximate surface area is 111 Å². The summed E-state index contributed by atoms with van der Waals surface area (Å²) in [6.07, 6.45) is 15.3. The molecule has 1 aliphatic rings. The third-order valence-electron chi connectivity index (χ3n) is 3.89. The van der Waals surface area contributed by atoms with E-state index in [2.05, 4.69) is 6.92 Å². The van der Waals surface area contributed by atoms with Crippen molar-refractivity contribution >= 4 is 5.97 Å². The molecule has 0 saturated heterocycles. The first kappa shape index (κ1) is 15.3. The van der Waals surface area contributed by atoms with Gasteiger partial charge in [-0.05, 0) is 26.2 Å². The minimum Gasteiger partial charge on any atom is -0.481 e. The van der Waals surface area contributed by atoms with E-state index in [-0.39, 0.29) is 5.92 Å². The smallest absolute Gasteiger partial charge is 0.310 e. The second kappa shape index (κ2) is 9.18. The molecule has 1 rings (SSSR count). The molecule has 0 radical (unpaired) electrons. The zero-order valence-corrected chi connectivity index (χ0v) is 11.8. The minimum absolute atomic E-state index is 0.257. The molecule has 0 saturated carbocycles. The Hall–Kier alpha value is -0.790. The van der Waals surface area contributed by atoms with Crippen molar-refractivity contribution in [3.8, 4) is 0 Å². The summed E-state index contributed by atoms with van der Waals surface area (Å²) >= 11 is 0. The lowest BCUT2D eigenvalue weighted by Crippen LogP contribution is -2.11. The molecule has 0 aliphatic heterocycles. The quantitative estimate of drug-likeness (QED) is 0.671. The lowest BCUT2D eigenvalue weighted by Gasteiger charge is -2.11. The van der Waals surface area contributed by atoms with Gasteiger partial charge in [-0.3, -0.25) is 4.79 Å². The van der Waals surface area contributed by atoms with Gasteiger partial charge in [0.25, 0.3) is 0 Å². The number of rotatable bonds is 1. The van der Waals surface area contributed by atoms with Crippen LogP contribution in [0.1, 0.15) is 77.6 Å². The number of hydrogen-bond acceptors (Lipinski definition) is 1. The molecule has 0 amide bonds. The lowest BCUT2D eigenvalue weighted by molar-refractivity contribution is -0.140. The molecule has 1 atom stereocenters. The molecular formula is C16H28O2. The summed E-state index contributed by atoms with van der Waals surface area (Å²) in [5.74, 6) is -0.908. The lowest BCUT2D eigenvalue weighted by atomic mass is 9.95. The van der Waals surface area contributed by atoms with Crippen molar-refractivity contribution in [2.24, 2.45) is 5.92 Å². The van der Waals surface area contributed by atoms with Gasteiger partial charge in [0.1, 0.15) is 0 Å². The van der Waals surface area contributed by atoms with Crippen LogP contribution in [0.5, 0.6) is 0 Å². The molecule has 0 fully saturated rings. The van der Waals surface area contributed by atoms with Crippen molar-refractivity contribution in [1.82, 2.24) is 0 Å². The van der Waals surface area contributed by atoms with Crippen LogP contribution < -0.4 is 0 Å². The molecular weight excluding hydrogens is 224 g/mol. The summed E-state index contributed by atoms with van der Waals surface area (Å²) in [6, 6.07) is 0. The van der Waals surface area contributed by atoms with Crippen LogP contribution in [0.2, 0.25) is 0 Å². The van der Waals surface area contributed by atoms with E-state index in [4.69, 9.17) is 0 Å². The standard InChI is InChI=1S/C16H28O2/c1-14-11-9-7-5-3-2-4-6-8-10-12-15(13-14)16(17)18/h13,15H,2-12H2,1H3,(H,17,18). The molecule has 1 unspecified atom stereocenters. The summed E-state index contributed by atoms with van der Waals surface area (Å²) in [5, 5.41) is 9.22. The van der Waals surface area contributed by atoms with E-state index in [0.717, 1.165) is 19.3 Å². The maximum absolute atomic E-state index is 11.2. The first-order chi connectivity index (χ1) is 8.70. The van der Waals surface area contributed by atoms with Crippen LogP contribution >= 0.6 is 0 Å². The Morgan fingerprint density at radius 2 is 1.50 bits per heavy atom. The maximum atomic E-state index is 11.2. The van der Waals surface area contributed by atoms with E-state index in [1.54, 1.807) is 0 Å². The first-order valence-electron chi connectivity index (χ1n) is 7.60. The summed E-state index contributed by atoms with van der Waals surface area (Å²) in [6.45, 7) is 2.09. The van der Waals surface area contributed by atoms with Crippen LogP contribution in [-0.4, -0.2) is 11.1 Å². The topological polar surface area (TPSA) is 37.3 Å². The minimum atomic E-state index is -0.651. The summed E-state index contributed by atoms with van der Waals surface area (Å²) in [5.41, 5.74) is 1.26. The normalized spacial score (nSPS) is 24.9. The highest BCUT2D eigenvalue weighted by Crippen LogP contribution is 2.19. The van der Waals surface area contributed by atoms with Gasteiger partial charge in [-0.15, -0.1) is 0 Å². The third-order valence-corrected chi connectivity index (χ3v) is 3.89. The molecule has 0 aromatic carbocycles. The molecule has 0 bridgehead atoms. The zero-order chi connectivity index (χ0) is 13.2. The molecule has 2 heteroatoms. The van der Waals surface area contributed by atoms with Crippen molar-refractivity contribution in [3.05, 3.63) is 11.6 Å². The van der Waals surface area contributed by atoms with Gasteiger partial charge in [0.05, 0.1) is 5.92 Å². The predicted molar refractivity (Wildman–Crippen MR) is 75.7 cm³/mol. The highest BCUT2D eigenvalue weighted by molar-refractivity contribution is 5.72. The van der Waals surface area contributed by atoms with Crippen molar-refractivity contribution in [2.75, 3.05) is 0 Å². The molecule has 0 heterocycles. The molecule has 1 N–H and O–H groups in total. The first-order valence-corrected chi connectivity index (χ1v) is 7.60. The van der Waals surface area contributed by atoms with E-state index in [0.29, 0.717) is 0 Å². The SMILES string of the molecule is CC1=CC(C(=O)O)CCCCCCCCCCC1. The number of carboxylic acid groups (broad SMARTS) is 1. The predicted octanol–water partition coefficient (Wildman–Crippen LogP) is 4.94. The van der Waals surface area contributed by atoms with Gasteiger partial charge < -0.3 is 5.11 Å². The number of hydrogen-bond donors (Lipinski definition) is 1. The van der Waals surface area contributed by atoms with Crippen LogP contribution in [-0.2, 0) is 4.79 Å². The van der Waals surface area contributed by atoms with Crippen LogP contribution in [0.15, 0.2) is 11.6 Å². The van der Waals surface area contributed by atoms with Gasteiger partial charge in [-0.25, -0.2) is 0 Å². The Kier molecular flexibility index (Phi) is 7.79. The number of carboxylic acids is 1. The van der Waals surface area contributed by atoms with Gasteiger partial charge in [0.15, 0.2) is 0 Å². The van der Waals surface area contributed by atoms with E-state index in [1.807, 2.05) is 6.08 Å². The van der Waals surface area contributed by atoms with Gasteiger partial charge in [0, 0.05) is 0 Å². The fourth-order valence-corrected chi connectivity index (χ4v) is 2.71. The van der Waals surface area contributed by atoms with Gasteiger partial charge >= 0.3 is 5.97 Å². The molecule has 18 heavy (non-hydrogen) atoms.